The van der Waals surface area contributed by atoms with E-state index in [2.05, 4.69) is 0 Å². The molecule has 0 N–H and O–H groups in total. The molecule has 3 heterocycles. The molecule has 2 aromatic carbocycles. The van der Waals surface area contributed by atoms with Gasteiger partial charge in [-0.25, -0.2) is 4.90 Å². The SMILES string of the molecule is Cc1ccc(C(=O)[C@@H]2[C@@H]3C(=O)N(c4ccc(Cl)c([N+](=O)[O-])c4)C(=O)[C@@H]3[C@@H]3CCCN23)cc1. The number of anilines is 1. The largest absolute Gasteiger partial charge is 0.292 e. The lowest BCUT2D eigenvalue weighted by atomic mass is 9.85. The molecule has 8 nitrogen and oxygen atoms in total. The number of nitro benzene ring substituents is 1. The molecule has 0 radical (unpaired) electrons. The molecular formula is C23H20ClN3O5. The fraction of sp³-hybridized carbons (Fsp3) is 0.348. The fourth-order valence-corrected chi connectivity index (χ4v) is 5.62. The van der Waals surface area contributed by atoms with Gasteiger partial charge in [0, 0.05) is 17.7 Å². The van der Waals surface area contributed by atoms with Gasteiger partial charge in [-0.3, -0.25) is 29.4 Å². The van der Waals surface area contributed by atoms with Gasteiger partial charge < -0.3 is 0 Å². The lowest BCUT2D eigenvalue weighted by Gasteiger charge is -2.27. The molecule has 0 bridgehead atoms. The van der Waals surface area contributed by atoms with Crippen molar-refractivity contribution in [2.45, 2.75) is 31.8 Å². The maximum absolute atomic E-state index is 13.5. The van der Waals surface area contributed by atoms with E-state index in [1.165, 1.54) is 12.1 Å². The quantitative estimate of drug-likeness (QED) is 0.304. The summed E-state index contributed by atoms with van der Waals surface area (Å²) in [5.74, 6) is -2.52. The Balaban J connectivity index is 1.55. The third-order valence-electron chi connectivity index (χ3n) is 6.84. The van der Waals surface area contributed by atoms with Crippen molar-refractivity contribution >= 4 is 40.6 Å². The Bertz CT molecular complexity index is 1160. The van der Waals surface area contributed by atoms with Crippen molar-refractivity contribution in [3.63, 3.8) is 0 Å². The number of ketones is 1. The number of fused-ring (bicyclic) bond motifs is 3. The second-order valence-electron chi connectivity index (χ2n) is 8.58. The highest BCUT2D eigenvalue weighted by atomic mass is 35.5. The molecule has 0 aromatic heterocycles. The maximum atomic E-state index is 13.5. The van der Waals surface area contributed by atoms with Gasteiger partial charge in [-0.15, -0.1) is 0 Å². The van der Waals surface area contributed by atoms with Gasteiger partial charge in [-0.1, -0.05) is 41.4 Å². The summed E-state index contributed by atoms with van der Waals surface area (Å²) in [6, 6.07) is 10.2. The summed E-state index contributed by atoms with van der Waals surface area (Å²) in [5.41, 5.74) is 1.26. The molecule has 2 amide bonds. The minimum atomic E-state index is -0.809. The summed E-state index contributed by atoms with van der Waals surface area (Å²) < 4.78 is 0. The van der Waals surface area contributed by atoms with Crippen LogP contribution in [0.5, 0.6) is 0 Å². The Morgan fingerprint density at radius 3 is 2.47 bits per heavy atom. The predicted molar refractivity (Wildman–Crippen MR) is 117 cm³/mol. The molecule has 0 aliphatic carbocycles. The first kappa shape index (κ1) is 20.8. The van der Waals surface area contributed by atoms with Gasteiger partial charge in [-0.2, -0.15) is 0 Å². The van der Waals surface area contributed by atoms with Crippen LogP contribution in [0.15, 0.2) is 42.5 Å². The van der Waals surface area contributed by atoms with Crippen LogP contribution in [0.4, 0.5) is 11.4 Å². The van der Waals surface area contributed by atoms with Crippen molar-refractivity contribution in [2.24, 2.45) is 11.8 Å². The van der Waals surface area contributed by atoms with Gasteiger partial charge in [0.25, 0.3) is 5.69 Å². The molecule has 3 aliphatic heterocycles. The minimum Gasteiger partial charge on any atom is -0.292 e. The van der Waals surface area contributed by atoms with Crippen molar-refractivity contribution < 1.29 is 19.3 Å². The number of aryl methyl sites for hydroxylation is 1. The number of halogens is 1. The molecule has 164 valence electrons. The number of hydrogen-bond donors (Lipinski definition) is 0. The summed E-state index contributed by atoms with van der Waals surface area (Å²) in [4.78, 5) is 54.1. The van der Waals surface area contributed by atoms with Crippen molar-refractivity contribution in [1.29, 1.82) is 0 Å². The van der Waals surface area contributed by atoms with E-state index >= 15 is 0 Å². The topological polar surface area (TPSA) is 101 Å². The lowest BCUT2D eigenvalue weighted by Crippen LogP contribution is -2.46. The van der Waals surface area contributed by atoms with Crippen LogP contribution >= 0.6 is 11.6 Å². The van der Waals surface area contributed by atoms with Crippen molar-refractivity contribution in [2.75, 3.05) is 11.4 Å². The Labute approximate surface area is 188 Å². The summed E-state index contributed by atoms with van der Waals surface area (Å²) in [6.45, 7) is 2.59. The zero-order chi connectivity index (χ0) is 22.7. The van der Waals surface area contributed by atoms with Crippen LogP contribution in [0, 0.1) is 28.9 Å². The molecule has 0 saturated carbocycles. The van der Waals surface area contributed by atoms with Gasteiger partial charge in [0.05, 0.1) is 28.5 Å². The zero-order valence-electron chi connectivity index (χ0n) is 17.2. The van der Waals surface area contributed by atoms with Gasteiger partial charge >= 0.3 is 0 Å². The molecule has 2 aromatic rings. The van der Waals surface area contributed by atoms with E-state index in [9.17, 15) is 24.5 Å². The predicted octanol–water partition coefficient (Wildman–Crippen LogP) is 3.39. The van der Waals surface area contributed by atoms with Crippen molar-refractivity contribution in [1.82, 2.24) is 4.90 Å². The molecule has 4 atom stereocenters. The van der Waals surface area contributed by atoms with Crippen LogP contribution in [0.3, 0.4) is 0 Å². The summed E-state index contributed by atoms with van der Waals surface area (Å²) in [7, 11) is 0. The number of imide groups is 1. The van der Waals surface area contributed by atoms with Crippen LogP contribution in [0.1, 0.15) is 28.8 Å². The van der Waals surface area contributed by atoms with E-state index in [1.54, 1.807) is 12.1 Å². The number of Topliss-reactive ketones (excluding diaryl/α,β-unsaturated/α-hetero) is 1. The lowest BCUT2D eigenvalue weighted by molar-refractivity contribution is -0.384. The molecule has 3 aliphatic rings. The number of rotatable bonds is 4. The summed E-state index contributed by atoms with van der Waals surface area (Å²) in [6.07, 6.45) is 1.58. The fourth-order valence-electron chi connectivity index (χ4n) is 5.44. The highest BCUT2D eigenvalue weighted by Gasteiger charge is 2.64. The van der Waals surface area contributed by atoms with E-state index < -0.39 is 34.6 Å². The first-order valence-corrected chi connectivity index (χ1v) is 10.9. The molecule has 9 heteroatoms. The number of nitro groups is 1. The monoisotopic (exact) mass is 453 g/mol. The van der Waals surface area contributed by atoms with Crippen LogP contribution in [-0.2, 0) is 9.59 Å². The van der Waals surface area contributed by atoms with Gasteiger partial charge in [0.15, 0.2) is 5.78 Å². The van der Waals surface area contributed by atoms with Crippen molar-refractivity contribution in [3.8, 4) is 0 Å². The number of amides is 2. The first-order valence-electron chi connectivity index (χ1n) is 10.5. The van der Waals surface area contributed by atoms with E-state index in [-0.39, 0.29) is 28.2 Å². The Kier molecular flexibility index (Phi) is 4.87. The van der Waals surface area contributed by atoms with E-state index in [4.69, 9.17) is 11.6 Å². The van der Waals surface area contributed by atoms with Crippen molar-refractivity contribution in [3.05, 3.63) is 68.7 Å². The second-order valence-corrected chi connectivity index (χ2v) is 8.99. The highest BCUT2D eigenvalue weighted by molar-refractivity contribution is 6.33. The maximum Gasteiger partial charge on any atom is 0.289 e. The van der Waals surface area contributed by atoms with Gasteiger partial charge in [0.1, 0.15) is 5.02 Å². The van der Waals surface area contributed by atoms with E-state index in [1.807, 2.05) is 24.0 Å². The number of nitrogens with zero attached hydrogens (tertiary/aromatic N) is 3. The molecule has 0 spiro atoms. The first-order chi connectivity index (χ1) is 15.3. The number of carbonyl (C=O) groups is 3. The van der Waals surface area contributed by atoms with Crippen LogP contribution in [0.2, 0.25) is 5.02 Å². The molecule has 0 unspecified atom stereocenters. The molecular weight excluding hydrogens is 434 g/mol. The summed E-state index contributed by atoms with van der Waals surface area (Å²) in [5, 5.41) is 11.2. The molecule has 3 saturated heterocycles. The van der Waals surface area contributed by atoms with Crippen LogP contribution in [0.25, 0.3) is 0 Å². The van der Waals surface area contributed by atoms with E-state index in [0.717, 1.165) is 29.4 Å². The van der Waals surface area contributed by atoms with Crippen LogP contribution < -0.4 is 4.90 Å². The Morgan fingerprint density at radius 2 is 1.78 bits per heavy atom. The third-order valence-corrected chi connectivity index (χ3v) is 7.16. The number of carbonyl (C=O) groups excluding carboxylic acids is 3. The second kappa shape index (κ2) is 7.50. The standard InChI is InChI=1S/C23H20ClN3O5/c1-12-4-6-13(7-5-12)21(28)20-19-18(16-3-2-10-25(16)20)22(29)26(23(19)30)14-8-9-15(24)17(11-14)27(31)32/h4-9,11,16,18-20H,2-3,10H2,1H3/t16-,18+,19+,20-/m0/s1. The molecule has 32 heavy (non-hydrogen) atoms. The average molecular weight is 454 g/mol. The normalized spacial score (nSPS) is 27.0. The van der Waals surface area contributed by atoms with Crippen LogP contribution in [-0.4, -0.2) is 46.0 Å². The van der Waals surface area contributed by atoms with E-state index in [0.29, 0.717) is 12.1 Å². The third kappa shape index (κ3) is 2.97. The molecule has 5 rings (SSSR count). The average Bonchev–Trinajstić information content (AvgIpc) is 3.41. The molecule has 3 fully saturated rings. The Morgan fingerprint density at radius 1 is 1.09 bits per heavy atom. The number of benzene rings is 2. The Hall–Kier alpha value is -3.10. The zero-order valence-corrected chi connectivity index (χ0v) is 18.0. The minimum absolute atomic E-state index is 0.0765. The summed E-state index contributed by atoms with van der Waals surface area (Å²) >= 11 is 5.90. The van der Waals surface area contributed by atoms with Gasteiger partial charge in [0.2, 0.25) is 11.8 Å². The smallest absolute Gasteiger partial charge is 0.289 e. The van der Waals surface area contributed by atoms with Gasteiger partial charge in [-0.05, 0) is 38.4 Å². The number of hydrogen-bond acceptors (Lipinski definition) is 6. The highest BCUT2D eigenvalue weighted by Crippen LogP contribution is 2.49.